The molecule has 3 aromatic rings. The Morgan fingerprint density at radius 1 is 1.00 bits per heavy atom. The van der Waals surface area contributed by atoms with E-state index in [1.54, 1.807) is 30.3 Å². The second-order valence-corrected chi connectivity index (χ2v) is 9.57. The molecule has 2 aromatic carbocycles. The van der Waals surface area contributed by atoms with Gasteiger partial charge >= 0.3 is 5.97 Å². The molecule has 1 heterocycles. The topological polar surface area (TPSA) is 127 Å². The first-order chi connectivity index (χ1) is 16.7. The van der Waals surface area contributed by atoms with E-state index in [1.807, 2.05) is 6.92 Å². The van der Waals surface area contributed by atoms with Crippen LogP contribution in [0.25, 0.3) is 0 Å². The number of esters is 1. The summed E-state index contributed by atoms with van der Waals surface area (Å²) in [5.74, 6) is -0.383. The highest BCUT2D eigenvalue weighted by molar-refractivity contribution is 7.89. The summed E-state index contributed by atoms with van der Waals surface area (Å²) in [5.41, 5.74) is 1.09. The molecule has 0 aliphatic carbocycles. The Morgan fingerprint density at radius 2 is 1.74 bits per heavy atom. The molecule has 0 bridgehead atoms. The molecule has 0 radical (unpaired) electrons. The number of sulfonamides is 1. The predicted octanol–water partition coefficient (Wildman–Crippen LogP) is 3.27. The van der Waals surface area contributed by atoms with Gasteiger partial charge in [-0.05, 0) is 61.5 Å². The van der Waals surface area contributed by atoms with Crippen molar-refractivity contribution in [2.75, 3.05) is 37.9 Å². The number of carbonyl (C=O) groups is 2. The maximum atomic E-state index is 12.6. The lowest BCUT2D eigenvalue weighted by Gasteiger charge is -2.13. The van der Waals surface area contributed by atoms with Gasteiger partial charge in [-0.15, -0.1) is 0 Å². The van der Waals surface area contributed by atoms with Gasteiger partial charge in [0.1, 0.15) is 17.1 Å². The van der Waals surface area contributed by atoms with Crippen molar-refractivity contribution in [1.82, 2.24) is 9.29 Å². The number of nitrogens with zero attached hydrogens (tertiary/aromatic N) is 2. The minimum Gasteiger partial charge on any atom is -0.494 e. The molecule has 0 spiro atoms. The molecular formula is C24H26N4O6S. The highest BCUT2D eigenvalue weighted by Gasteiger charge is 2.19. The van der Waals surface area contributed by atoms with E-state index >= 15 is 0 Å². The lowest BCUT2D eigenvalue weighted by atomic mass is 10.2. The van der Waals surface area contributed by atoms with E-state index in [2.05, 4.69) is 15.6 Å². The number of ether oxygens (including phenoxy) is 2. The summed E-state index contributed by atoms with van der Waals surface area (Å²) in [6, 6.07) is 16.0. The van der Waals surface area contributed by atoms with Crippen LogP contribution in [0.15, 0.2) is 71.8 Å². The summed E-state index contributed by atoms with van der Waals surface area (Å²) in [5, 5.41) is 5.58. The van der Waals surface area contributed by atoms with Gasteiger partial charge in [-0.25, -0.2) is 22.5 Å². The van der Waals surface area contributed by atoms with Gasteiger partial charge in [-0.2, -0.15) is 0 Å². The van der Waals surface area contributed by atoms with E-state index in [1.165, 1.54) is 50.6 Å². The molecule has 2 N–H and O–H groups in total. The number of amides is 1. The van der Waals surface area contributed by atoms with Crippen LogP contribution in [0, 0.1) is 0 Å². The summed E-state index contributed by atoms with van der Waals surface area (Å²) < 4.78 is 36.2. The van der Waals surface area contributed by atoms with Gasteiger partial charge in [0.05, 0.1) is 11.5 Å². The van der Waals surface area contributed by atoms with Crippen LogP contribution in [-0.2, 0) is 19.6 Å². The number of benzene rings is 2. The van der Waals surface area contributed by atoms with Crippen molar-refractivity contribution in [2.45, 2.75) is 11.8 Å². The minimum atomic E-state index is -3.66. The monoisotopic (exact) mass is 498 g/mol. The smallest absolute Gasteiger partial charge is 0.342 e. The summed E-state index contributed by atoms with van der Waals surface area (Å²) in [6.45, 7) is 1.88. The molecule has 3 rings (SSSR count). The molecule has 0 saturated heterocycles. The van der Waals surface area contributed by atoms with Crippen LogP contribution in [0.2, 0.25) is 0 Å². The first kappa shape index (κ1) is 25.7. The Labute approximate surface area is 203 Å². The third kappa shape index (κ3) is 6.78. The number of pyridine rings is 1. The normalized spacial score (nSPS) is 11.1. The Balaban J connectivity index is 1.62. The van der Waals surface area contributed by atoms with E-state index in [9.17, 15) is 18.0 Å². The maximum Gasteiger partial charge on any atom is 0.342 e. The zero-order chi connectivity index (χ0) is 25.4. The standard InChI is InChI=1S/C24H26N4O6S/c1-4-33-19-12-10-17(11-13-19)27-23-21(9-6-14-25-23)24(30)34-16-22(29)26-18-7-5-8-20(15-18)35(31,32)28(2)3/h5-15H,4,16H2,1-3H3,(H,25,27)(H,26,29). The largest absolute Gasteiger partial charge is 0.494 e. The van der Waals surface area contributed by atoms with Crippen LogP contribution in [-0.4, -0.2) is 56.9 Å². The molecule has 0 aliphatic heterocycles. The second kappa shape index (κ2) is 11.4. The molecule has 10 nitrogen and oxygen atoms in total. The van der Waals surface area contributed by atoms with E-state index in [0.29, 0.717) is 12.3 Å². The van der Waals surface area contributed by atoms with Crippen LogP contribution in [0.1, 0.15) is 17.3 Å². The zero-order valence-electron chi connectivity index (χ0n) is 19.5. The molecular weight excluding hydrogens is 472 g/mol. The quantitative estimate of drug-likeness (QED) is 0.408. The van der Waals surface area contributed by atoms with Crippen LogP contribution in [0.4, 0.5) is 17.2 Å². The van der Waals surface area contributed by atoms with Crippen LogP contribution in [0.5, 0.6) is 5.75 Å². The highest BCUT2D eigenvalue weighted by Crippen LogP contribution is 2.22. The first-order valence-electron chi connectivity index (χ1n) is 10.6. The van der Waals surface area contributed by atoms with Gasteiger partial charge in [-0.1, -0.05) is 6.07 Å². The fraction of sp³-hybridized carbons (Fsp3) is 0.208. The molecule has 184 valence electrons. The first-order valence-corrected chi connectivity index (χ1v) is 12.1. The molecule has 0 fully saturated rings. The van der Waals surface area contributed by atoms with Gasteiger partial charge in [-0.3, -0.25) is 4.79 Å². The summed E-state index contributed by atoms with van der Waals surface area (Å²) >= 11 is 0. The number of nitrogens with one attached hydrogen (secondary N) is 2. The molecule has 11 heteroatoms. The molecule has 0 atom stereocenters. The molecule has 0 unspecified atom stereocenters. The molecule has 1 aromatic heterocycles. The third-order valence-electron chi connectivity index (χ3n) is 4.69. The van der Waals surface area contributed by atoms with E-state index in [-0.39, 0.29) is 22.0 Å². The number of rotatable bonds is 10. The van der Waals surface area contributed by atoms with Crippen LogP contribution < -0.4 is 15.4 Å². The number of hydrogen-bond donors (Lipinski definition) is 2. The Hall–Kier alpha value is -3.96. The maximum absolute atomic E-state index is 12.6. The average Bonchev–Trinajstić information content (AvgIpc) is 2.84. The van der Waals surface area contributed by atoms with Crippen molar-refractivity contribution in [1.29, 1.82) is 0 Å². The summed E-state index contributed by atoms with van der Waals surface area (Å²) in [4.78, 5) is 29.2. The van der Waals surface area contributed by atoms with Crippen molar-refractivity contribution in [3.05, 3.63) is 72.4 Å². The predicted molar refractivity (Wildman–Crippen MR) is 131 cm³/mol. The van der Waals surface area contributed by atoms with Crippen molar-refractivity contribution >= 4 is 39.1 Å². The van der Waals surface area contributed by atoms with E-state index in [0.717, 1.165) is 10.1 Å². The van der Waals surface area contributed by atoms with Crippen molar-refractivity contribution in [3.8, 4) is 5.75 Å². The minimum absolute atomic E-state index is 0.0256. The summed E-state index contributed by atoms with van der Waals surface area (Å²) in [7, 11) is -0.829. The van der Waals surface area contributed by atoms with Gasteiger partial charge in [0.25, 0.3) is 5.91 Å². The molecule has 1 amide bonds. The lowest BCUT2D eigenvalue weighted by molar-refractivity contribution is -0.119. The van der Waals surface area contributed by atoms with Gasteiger partial charge in [0.2, 0.25) is 10.0 Å². The third-order valence-corrected chi connectivity index (χ3v) is 6.50. The summed E-state index contributed by atoms with van der Waals surface area (Å²) in [6.07, 6.45) is 1.52. The number of anilines is 3. The number of aromatic nitrogens is 1. The highest BCUT2D eigenvalue weighted by atomic mass is 32.2. The van der Waals surface area contributed by atoms with Crippen LogP contribution in [0.3, 0.4) is 0 Å². The average molecular weight is 499 g/mol. The Kier molecular flexibility index (Phi) is 8.39. The SMILES string of the molecule is CCOc1ccc(Nc2ncccc2C(=O)OCC(=O)Nc2cccc(S(=O)(=O)N(C)C)c2)cc1. The van der Waals surface area contributed by atoms with Gasteiger partial charge in [0.15, 0.2) is 6.61 Å². The molecule has 0 saturated carbocycles. The molecule has 0 aliphatic rings. The zero-order valence-corrected chi connectivity index (χ0v) is 20.3. The van der Waals surface area contributed by atoms with Crippen molar-refractivity contribution in [2.24, 2.45) is 0 Å². The van der Waals surface area contributed by atoms with Crippen molar-refractivity contribution in [3.63, 3.8) is 0 Å². The fourth-order valence-corrected chi connectivity index (χ4v) is 3.91. The van der Waals surface area contributed by atoms with Gasteiger partial charge in [0, 0.05) is 31.7 Å². The van der Waals surface area contributed by atoms with E-state index < -0.39 is 28.5 Å². The Morgan fingerprint density at radius 3 is 2.43 bits per heavy atom. The second-order valence-electron chi connectivity index (χ2n) is 7.42. The number of carbonyl (C=O) groups excluding carboxylic acids is 2. The lowest BCUT2D eigenvalue weighted by Crippen LogP contribution is -2.23. The van der Waals surface area contributed by atoms with Crippen LogP contribution >= 0.6 is 0 Å². The van der Waals surface area contributed by atoms with E-state index in [4.69, 9.17) is 9.47 Å². The van der Waals surface area contributed by atoms with Crippen molar-refractivity contribution < 1.29 is 27.5 Å². The molecule has 35 heavy (non-hydrogen) atoms. The van der Waals surface area contributed by atoms with Gasteiger partial charge < -0.3 is 20.1 Å². The fourth-order valence-electron chi connectivity index (χ4n) is 2.96. The Bertz CT molecular complexity index is 1290. The number of hydrogen-bond acceptors (Lipinski definition) is 8.